The Morgan fingerprint density at radius 1 is 1.14 bits per heavy atom. The number of rotatable bonds is 2. The number of hydrogen-bond donors (Lipinski definition) is 1. The zero-order valence-corrected chi connectivity index (χ0v) is 11.7. The summed E-state index contributed by atoms with van der Waals surface area (Å²) in [5.41, 5.74) is 1.09. The predicted octanol–water partition coefficient (Wildman–Crippen LogP) is 3.22. The lowest BCUT2D eigenvalue weighted by molar-refractivity contribution is 0.124. The van der Waals surface area contributed by atoms with E-state index in [0.29, 0.717) is 24.2 Å². The molecular weight excluding hydrogens is 298 g/mol. The van der Waals surface area contributed by atoms with Crippen LogP contribution in [0.4, 0.5) is 17.6 Å². The van der Waals surface area contributed by atoms with Gasteiger partial charge in [-0.15, -0.1) is 0 Å². The molecule has 1 heterocycles. The normalized spacial score (nSPS) is 24.7. The first-order valence-corrected chi connectivity index (χ1v) is 7.08. The highest BCUT2D eigenvalue weighted by molar-refractivity contribution is 5.37. The van der Waals surface area contributed by atoms with Crippen molar-refractivity contribution in [1.82, 2.24) is 4.90 Å². The topological polar surface area (TPSA) is 23.5 Å². The Balaban J connectivity index is 1.91. The summed E-state index contributed by atoms with van der Waals surface area (Å²) in [4.78, 5) is 1.66. The molecular formula is C16H15F4NO. The highest BCUT2D eigenvalue weighted by Gasteiger charge is 2.32. The maximum absolute atomic E-state index is 14.0. The summed E-state index contributed by atoms with van der Waals surface area (Å²) in [6, 6.07) is 1.83. The van der Waals surface area contributed by atoms with Crippen molar-refractivity contribution >= 4 is 0 Å². The molecule has 1 aliphatic carbocycles. The van der Waals surface area contributed by atoms with Gasteiger partial charge in [-0.25, -0.2) is 17.6 Å². The molecule has 0 amide bonds. The van der Waals surface area contributed by atoms with Gasteiger partial charge in [-0.05, 0) is 30.5 Å². The third kappa shape index (κ3) is 2.63. The molecule has 118 valence electrons. The second-order valence-corrected chi connectivity index (χ2v) is 5.56. The number of aliphatic hydroxyl groups excluding tert-OH is 1. The smallest absolute Gasteiger partial charge is 0.194 e. The van der Waals surface area contributed by atoms with Gasteiger partial charge < -0.3 is 10.0 Å². The monoisotopic (exact) mass is 313 g/mol. The van der Waals surface area contributed by atoms with Crippen LogP contribution in [0, 0.1) is 17.5 Å². The van der Waals surface area contributed by atoms with Crippen LogP contribution in [0.3, 0.4) is 0 Å². The van der Waals surface area contributed by atoms with Crippen molar-refractivity contribution in [3.05, 3.63) is 58.6 Å². The molecule has 1 aromatic carbocycles. The highest BCUT2D eigenvalue weighted by Crippen LogP contribution is 2.34. The maximum Gasteiger partial charge on any atom is 0.194 e. The lowest BCUT2D eigenvalue weighted by atomic mass is 9.89. The van der Waals surface area contributed by atoms with Crippen LogP contribution in [0.1, 0.15) is 18.4 Å². The molecule has 0 fully saturated rings. The summed E-state index contributed by atoms with van der Waals surface area (Å²) in [7, 11) is 0. The number of nitrogens with zero attached hydrogens (tertiary/aromatic N) is 1. The van der Waals surface area contributed by atoms with E-state index in [2.05, 4.69) is 0 Å². The van der Waals surface area contributed by atoms with Gasteiger partial charge in [0.05, 0.1) is 6.10 Å². The van der Waals surface area contributed by atoms with Crippen molar-refractivity contribution < 1.29 is 22.7 Å². The number of aliphatic hydroxyl groups is 1. The van der Waals surface area contributed by atoms with E-state index in [1.54, 1.807) is 17.1 Å². The van der Waals surface area contributed by atoms with Crippen LogP contribution in [-0.4, -0.2) is 28.8 Å². The lowest BCUT2D eigenvalue weighted by Crippen LogP contribution is -2.37. The van der Waals surface area contributed by atoms with E-state index >= 15 is 0 Å². The Labute approximate surface area is 125 Å². The number of halogens is 4. The van der Waals surface area contributed by atoms with Crippen molar-refractivity contribution in [3.63, 3.8) is 0 Å². The molecule has 0 radical (unpaired) electrons. The zero-order valence-electron chi connectivity index (χ0n) is 11.7. The molecule has 2 aliphatic rings. The molecule has 3 rings (SSSR count). The van der Waals surface area contributed by atoms with Crippen LogP contribution >= 0.6 is 0 Å². The van der Waals surface area contributed by atoms with Gasteiger partial charge in [0.1, 0.15) is 6.17 Å². The molecule has 6 heteroatoms. The Bertz CT molecular complexity index is 633. The largest absolute Gasteiger partial charge is 0.387 e. The molecule has 0 saturated heterocycles. The summed E-state index contributed by atoms with van der Waals surface area (Å²) < 4.78 is 53.6. The fourth-order valence-corrected chi connectivity index (χ4v) is 3.01. The van der Waals surface area contributed by atoms with Crippen LogP contribution < -0.4 is 0 Å². The average Bonchev–Trinajstić information content (AvgIpc) is 2.49. The fourth-order valence-electron chi connectivity index (χ4n) is 3.01. The van der Waals surface area contributed by atoms with Gasteiger partial charge in [-0.1, -0.05) is 12.2 Å². The molecule has 1 N–H and O–H groups in total. The summed E-state index contributed by atoms with van der Waals surface area (Å²) in [6.45, 7) is 0.463. The first-order valence-electron chi connectivity index (χ1n) is 7.08. The SMILES string of the molecule is O[C@H]1CC[C@H](F)C2=C1N(Cc1cc(F)c(F)c(F)c1)CC=C2. The van der Waals surface area contributed by atoms with Gasteiger partial charge in [0, 0.05) is 24.4 Å². The quantitative estimate of drug-likeness (QED) is 0.669. The minimum absolute atomic E-state index is 0.0705. The Hall–Kier alpha value is -1.82. The molecule has 1 aliphatic heterocycles. The van der Waals surface area contributed by atoms with Gasteiger partial charge >= 0.3 is 0 Å². The van der Waals surface area contributed by atoms with E-state index in [4.69, 9.17) is 0 Å². The molecule has 0 aromatic heterocycles. The third-order valence-corrected chi connectivity index (χ3v) is 4.02. The molecule has 1 aromatic rings. The van der Waals surface area contributed by atoms with Gasteiger partial charge in [-0.3, -0.25) is 0 Å². The molecule has 0 unspecified atom stereocenters. The van der Waals surface area contributed by atoms with Gasteiger partial charge in [0.25, 0.3) is 0 Å². The number of alkyl halides is 1. The number of allylic oxidation sites excluding steroid dienone is 2. The summed E-state index contributed by atoms with van der Waals surface area (Å²) in [6.07, 6.45) is 1.97. The lowest BCUT2D eigenvalue weighted by Gasteiger charge is -2.37. The maximum atomic E-state index is 14.0. The molecule has 22 heavy (non-hydrogen) atoms. The van der Waals surface area contributed by atoms with E-state index in [0.717, 1.165) is 12.1 Å². The van der Waals surface area contributed by atoms with Crippen molar-refractivity contribution in [3.8, 4) is 0 Å². The standard InChI is InChI=1S/C16H15F4NO/c17-11-3-4-14(22)16-10(11)2-1-5-21(16)8-9-6-12(18)15(20)13(19)7-9/h1-2,6-7,11,14,22H,3-5,8H2/t11-,14-/m0/s1. The van der Waals surface area contributed by atoms with Crippen LogP contribution in [0.25, 0.3) is 0 Å². The minimum Gasteiger partial charge on any atom is -0.387 e. The Morgan fingerprint density at radius 2 is 1.82 bits per heavy atom. The number of hydrogen-bond acceptors (Lipinski definition) is 2. The van der Waals surface area contributed by atoms with Crippen LogP contribution in [-0.2, 0) is 6.54 Å². The molecule has 0 bridgehead atoms. The third-order valence-electron chi connectivity index (χ3n) is 4.02. The van der Waals surface area contributed by atoms with E-state index in [1.165, 1.54) is 0 Å². The minimum atomic E-state index is -1.51. The Kier molecular flexibility index (Phi) is 3.95. The van der Waals surface area contributed by atoms with E-state index in [-0.39, 0.29) is 18.5 Å². The second kappa shape index (κ2) is 5.76. The molecule has 0 spiro atoms. The van der Waals surface area contributed by atoms with E-state index < -0.39 is 29.7 Å². The molecule has 2 atom stereocenters. The first kappa shape index (κ1) is 15.1. The molecule has 2 nitrogen and oxygen atoms in total. The zero-order chi connectivity index (χ0) is 15.9. The van der Waals surface area contributed by atoms with Crippen LogP contribution in [0.2, 0.25) is 0 Å². The fraction of sp³-hybridized carbons (Fsp3) is 0.375. The van der Waals surface area contributed by atoms with Gasteiger partial charge in [0.2, 0.25) is 0 Å². The van der Waals surface area contributed by atoms with Crippen molar-refractivity contribution in [2.24, 2.45) is 0 Å². The second-order valence-electron chi connectivity index (χ2n) is 5.56. The average molecular weight is 313 g/mol. The van der Waals surface area contributed by atoms with E-state index in [9.17, 15) is 22.7 Å². The summed E-state index contributed by atoms with van der Waals surface area (Å²) >= 11 is 0. The van der Waals surface area contributed by atoms with Gasteiger partial charge in [0.15, 0.2) is 17.5 Å². The summed E-state index contributed by atoms with van der Waals surface area (Å²) in [5, 5.41) is 10.1. The predicted molar refractivity (Wildman–Crippen MR) is 73.0 cm³/mol. The van der Waals surface area contributed by atoms with E-state index in [1.807, 2.05) is 0 Å². The van der Waals surface area contributed by atoms with Crippen LogP contribution in [0.5, 0.6) is 0 Å². The van der Waals surface area contributed by atoms with Crippen molar-refractivity contribution in [2.45, 2.75) is 31.7 Å². The van der Waals surface area contributed by atoms with Crippen molar-refractivity contribution in [1.29, 1.82) is 0 Å². The summed E-state index contributed by atoms with van der Waals surface area (Å²) in [5.74, 6) is -4.03. The highest BCUT2D eigenvalue weighted by atomic mass is 19.2. The van der Waals surface area contributed by atoms with Gasteiger partial charge in [-0.2, -0.15) is 0 Å². The van der Waals surface area contributed by atoms with Crippen LogP contribution in [0.15, 0.2) is 35.6 Å². The first-order chi connectivity index (χ1) is 10.5. The molecule has 0 saturated carbocycles. The Morgan fingerprint density at radius 3 is 2.50 bits per heavy atom. The number of benzene rings is 1. The van der Waals surface area contributed by atoms with Crippen molar-refractivity contribution in [2.75, 3.05) is 6.54 Å².